The summed E-state index contributed by atoms with van der Waals surface area (Å²) in [6.45, 7) is 2.15. The lowest BCUT2D eigenvalue weighted by molar-refractivity contribution is 1.14. The van der Waals surface area contributed by atoms with Gasteiger partial charge in [-0.05, 0) is 18.1 Å². The Labute approximate surface area is 82.4 Å². The van der Waals surface area contributed by atoms with E-state index in [1.54, 1.807) is 0 Å². The fourth-order valence-corrected chi connectivity index (χ4v) is 1.80. The standard InChI is InChI=1S/C11H11NS/c1-2-8-4-3-5-9-10(13)6-7-12-11(8)9/h3-7H,2H2,1H3,(H,12,13). The van der Waals surface area contributed by atoms with Crippen LogP contribution < -0.4 is 0 Å². The van der Waals surface area contributed by atoms with E-state index in [2.05, 4.69) is 30.1 Å². The van der Waals surface area contributed by atoms with Crippen molar-refractivity contribution in [1.82, 2.24) is 4.98 Å². The minimum absolute atomic E-state index is 0.920. The van der Waals surface area contributed by atoms with Crippen molar-refractivity contribution in [3.63, 3.8) is 0 Å². The second-order valence-corrected chi connectivity index (χ2v) is 3.47. The van der Waals surface area contributed by atoms with Gasteiger partial charge >= 0.3 is 0 Å². The number of aromatic amines is 1. The molecule has 0 amide bonds. The van der Waals surface area contributed by atoms with Crippen LogP contribution in [0.1, 0.15) is 12.5 Å². The van der Waals surface area contributed by atoms with Crippen LogP contribution in [0.2, 0.25) is 0 Å². The maximum atomic E-state index is 5.24. The zero-order valence-corrected chi connectivity index (χ0v) is 8.32. The molecule has 0 bridgehead atoms. The van der Waals surface area contributed by atoms with Gasteiger partial charge in [0.15, 0.2) is 0 Å². The lowest BCUT2D eigenvalue weighted by Gasteiger charge is -2.03. The molecule has 0 saturated carbocycles. The summed E-state index contributed by atoms with van der Waals surface area (Å²) in [7, 11) is 0. The number of benzene rings is 1. The lowest BCUT2D eigenvalue weighted by Crippen LogP contribution is -1.86. The highest BCUT2D eigenvalue weighted by Gasteiger charge is 1.98. The Morgan fingerprint density at radius 2 is 2.15 bits per heavy atom. The SMILES string of the molecule is CCc1cccc2c(=S)cc[nH]c12. The van der Waals surface area contributed by atoms with Crippen molar-refractivity contribution in [2.45, 2.75) is 13.3 Å². The van der Waals surface area contributed by atoms with Gasteiger partial charge in [-0.15, -0.1) is 0 Å². The van der Waals surface area contributed by atoms with Gasteiger partial charge in [0.2, 0.25) is 0 Å². The summed E-state index contributed by atoms with van der Waals surface area (Å²) in [6, 6.07) is 8.18. The molecule has 0 fully saturated rings. The van der Waals surface area contributed by atoms with Crippen LogP contribution in [0.15, 0.2) is 30.5 Å². The second kappa shape index (κ2) is 3.30. The minimum atomic E-state index is 0.920. The lowest BCUT2D eigenvalue weighted by atomic mass is 10.1. The molecule has 2 aromatic rings. The zero-order chi connectivity index (χ0) is 9.26. The predicted molar refractivity (Wildman–Crippen MR) is 58.5 cm³/mol. The fourth-order valence-electron chi connectivity index (χ4n) is 1.56. The van der Waals surface area contributed by atoms with Gasteiger partial charge < -0.3 is 4.98 Å². The second-order valence-electron chi connectivity index (χ2n) is 3.04. The molecule has 2 heteroatoms. The molecule has 0 aliphatic carbocycles. The molecule has 66 valence electrons. The van der Waals surface area contributed by atoms with Crippen molar-refractivity contribution in [2.75, 3.05) is 0 Å². The highest BCUT2D eigenvalue weighted by molar-refractivity contribution is 7.71. The van der Waals surface area contributed by atoms with Gasteiger partial charge in [0.05, 0.1) is 0 Å². The molecule has 0 atom stereocenters. The van der Waals surface area contributed by atoms with Crippen molar-refractivity contribution >= 4 is 23.1 Å². The molecule has 0 unspecified atom stereocenters. The highest BCUT2D eigenvalue weighted by Crippen LogP contribution is 2.17. The molecule has 1 aromatic carbocycles. The number of pyridine rings is 1. The van der Waals surface area contributed by atoms with Gasteiger partial charge in [-0.3, -0.25) is 0 Å². The smallest absolute Gasteiger partial charge is 0.0500 e. The van der Waals surface area contributed by atoms with Crippen molar-refractivity contribution < 1.29 is 0 Å². The number of aryl methyl sites for hydroxylation is 1. The molecular weight excluding hydrogens is 178 g/mol. The Balaban J connectivity index is 2.92. The molecular formula is C11H11NS. The van der Waals surface area contributed by atoms with Crippen LogP contribution >= 0.6 is 12.2 Å². The molecule has 0 aliphatic rings. The van der Waals surface area contributed by atoms with Crippen molar-refractivity contribution in [3.05, 3.63) is 40.5 Å². The summed E-state index contributed by atoms with van der Waals surface area (Å²) < 4.78 is 0.920. The van der Waals surface area contributed by atoms with E-state index < -0.39 is 0 Å². The summed E-state index contributed by atoms with van der Waals surface area (Å²) in [6.07, 6.45) is 2.94. The topological polar surface area (TPSA) is 15.8 Å². The quantitative estimate of drug-likeness (QED) is 0.679. The Morgan fingerprint density at radius 1 is 1.31 bits per heavy atom. The van der Waals surface area contributed by atoms with E-state index in [1.807, 2.05) is 12.3 Å². The highest BCUT2D eigenvalue weighted by atomic mass is 32.1. The van der Waals surface area contributed by atoms with Crippen molar-refractivity contribution in [3.8, 4) is 0 Å². The van der Waals surface area contributed by atoms with Crippen LogP contribution in [0.25, 0.3) is 10.9 Å². The monoisotopic (exact) mass is 189 g/mol. The van der Waals surface area contributed by atoms with Gasteiger partial charge in [0.1, 0.15) is 0 Å². The van der Waals surface area contributed by atoms with E-state index in [0.717, 1.165) is 16.3 Å². The van der Waals surface area contributed by atoms with Crippen LogP contribution in [-0.4, -0.2) is 4.98 Å². The normalized spacial score (nSPS) is 10.5. The van der Waals surface area contributed by atoms with Gasteiger partial charge in [0.25, 0.3) is 0 Å². The van der Waals surface area contributed by atoms with Gasteiger partial charge in [-0.25, -0.2) is 0 Å². The van der Waals surface area contributed by atoms with Crippen LogP contribution in [0, 0.1) is 4.51 Å². The van der Waals surface area contributed by atoms with Crippen LogP contribution in [0.5, 0.6) is 0 Å². The van der Waals surface area contributed by atoms with E-state index in [4.69, 9.17) is 12.2 Å². The minimum Gasteiger partial charge on any atom is -0.361 e. The Morgan fingerprint density at radius 3 is 2.92 bits per heavy atom. The molecule has 0 spiro atoms. The number of nitrogens with one attached hydrogen (secondary N) is 1. The summed E-state index contributed by atoms with van der Waals surface area (Å²) in [4.78, 5) is 3.24. The first-order chi connectivity index (χ1) is 6.33. The molecule has 0 aliphatic heterocycles. The van der Waals surface area contributed by atoms with Gasteiger partial charge in [-0.2, -0.15) is 0 Å². The first kappa shape index (κ1) is 8.45. The maximum Gasteiger partial charge on any atom is 0.0500 e. The molecule has 2 rings (SSSR count). The van der Waals surface area contributed by atoms with Crippen LogP contribution in [-0.2, 0) is 6.42 Å². The van der Waals surface area contributed by atoms with E-state index in [-0.39, 0.29) is 0 Å². The molecule has 0 saturated heterocycles. The van der Waals surface area contributed by atoms with Crippen molar-refractivity contribution in [2.24, 2.45) is 0 Å². The summed E-state index contributed by atoms with van der Waals surface area (Å²) in [5.41, 5.74) is 2.50. The first-order valence-electron chi connectivity index (χ1n) is 4.42. The third kappa shape index (κ3) is 1.38. The number of rotatable bonds is 1. The number of aromatic nitrogens is 1. The Bertz CT molecular complexity index is 485. The van der Waals surface area contributed by atoms with Gasteiger partial charge in [0, 0.05) is 21.6 Å². The molecule has 1 heterocycles. The largest absolute Gasteiger partial charge is 0.361 e. The Hall–Kier alpha value is -1.15. The van der Waals surface area contributed by atoms with E-state index in [0.29, 0.717) is 0 Å². The van der Waals surface area contributed by atoms with E-state index in [9.17, 15) is 0 Å². The average molecular weight is 189 g/mol. The first-order valence-corrected chi connectivity index (χ1v) is 4.83. The predicted octanol–water partition coefficient (Wildman–Crippen LogP) is 3.46. The number of fused-ring (bicyclic) bond motifs is 1. The molecule has 1 aromatic heterocycles. The molecule has 0 radical (unpaired) electrons. The molecule has 1 N–H and O–H groups in total. The fraction of sp³-hybridized carbons (Fsp3) is 0.182. The third-order valence-corrected chi connectivity index (χ3v) is 2.62. The number of H-pyrrole nitrogens is 1. The van der Waals surface area contributed by atoms with E-state index in [1.165, 1.54) is 11.1 Å². The van der Waals surface area contributed by atoms with Crippen LogP contribution in [0.4, 0.5) is 0 Å². The summed E-state index contributed by atoms with van der Waals surface area (Å²) in [5, 5.41) is 1.15. The molecule has 13 heavy (non-hydrogen) atoms. The maximum absolute atomic E-state index is 5.24. The number of hydrogen-bond donors (Lipinski definition) is 1. The summed E-state index contributed by atoms with van der Waals surface area (Å²) >= 11 is 5.24. The number of hydrogen-bond acceptors (Lipinski definition) is 1. The van der Waals surface area contributed by atoms with Crippen molar-refractivity contribution in [1.29, 1.82) is 0 Å². The average Bonchev–Trinajstić information content (AvgIpc) is 2.18. The molecule has 1 nitrogen and oxygen atoms in total. The van der Waals surface area contributed by atoms with Gasteiger partial charge in [-0.1, -0.05) is 37.3 Å². The zero-order valence-electron chi connectivity index (χ0n) is 7.50. The van der Waals surface area contributed by atoms with E-state index >= 15 is 0 Å². The summed E-state index contributed by atoms with van der Waals surface area (Å²) in [5.74, 6) is 0. The third-order valence-electron chi connectivity index (χ3n) is 2.26. The Kier molecular flexibility index (Phi) is 2.15. The number of para-hydroxylation sites is 1. The van der Waals surface area contributed by atoms with Crippen LogP contribution in [0.3, 0.4) is 0 Å².